The third kappa shape index (κ3) is 3.11. The van der Waals surface area contributed by atoms with Crippen LogP contribution >= 0.6 is 0 Å². The number of halogens is 1. The molecule has 3 rings (SSSR count). The zero-order valence-corrected chi connectivity index (χ0v) is 12.5. The van der Waals surface area contributed by atoms with E-state index in [1.807, 2.05) is 0 Å². The number of carbonyl (C=O) groups excluding carboxylic acids is 1. The normalized spacial score (nSPS) is 15.2. The van der Waals surface area contributed by atoms with Crippen LogP contribution in [0.25, 0.3) is 11.3 Å². The molecule has 2 aromatic rings. The van der Waals surface area contributed by atoms with Gasteiger partial charge in [-0.05, 0) is 56.2 Å². The van der Waals surface area contributed by atoms with Crippen molar-refractivity contribution < 1.29 is 23.5 Å². The van der Waals surface area contributed by atoms with Gasteiger partial charge in [-0.2, -0.15) is 0 Å². The monoisotopic (exact) mass is 317 g/mol. The van der Waals surface area contributed by atoms with Crippen molar-refractivity contribution in [1.82, 2.24) is 4.90 Å². The number of amides is 1. The van der Waals surface area contributed by atoms with E-state index in [1.54, 1.807) is 18.2 Å². The summed E-state index contributed by atoms with van der Waals surface area (Å²) in [6.45, 7) is 1.49. The number of nitrogens with zero attached hydrogens (tertiary/aromatic N) is 1. The molecule has 1 amide bonds. The maximum atomic E-state index is 13.0. The van der Waals surface area contributed by atoms with E-state index in [-0.39, 0.29) is 17.6 Å². The van der Waals surface area contributed by atoms with Crippen molar-refractivity contribution in [3.8, 4) is 11.3 Å². The van der Waals surface area contributed by atoms with Crippen LogP contribution in [0, 0.1) is 5.82 Å². The number of carboxylic acids is 1. The van der Waals surface area contributed by atoms with Crippen molar-refractivity contribution in [2.45, 2.75) is 31.8 Å². The number of furan rings is 1. The minimum atomic E-state index is -1.05. The van der Waals surface area contributed by atoms with Gasteiger partial charge in [-0.15, -0.1) is 0 Å². The molecule has 0 radical (unpaired) electrons. The number of aliphatic carboxylic acids is 1. The Morgan fingerprint density at radius 3 is 2.43 bits per heavy atom. The van der Waals surface area contributed by atoms with Crippen LogP contribution < -0.4 is 0 Å². The van der Waals surface area contributed by atoms with Crippen LogP contribution in [0.5, 0.6) is 0 Å². The van der Waals surface area contributed by atoms with Gasteiger partial charge in [0.15, 0.2) is 5.76 Å². The molecular formula is C17H16FNO4. The highest BCUT2D eigenvalue weighted by atomic mass is 19.1. The lowest BCUT2D eigenvalue weighted by Gasteiger charge is -2.25. The predicted octanol–water partition coefficient (Wildman–Crippen LogP) is 3.16. The maximum Gasteiger partial charge on any atom is 0.326 e. The number of carbonyl (C=O) groups is 2. The Morgan fingerprint density at radius 2 is 1.87 bits per heavy atom. The summed E-state index contributed by atoms with van der Waals surface area (Å²) < 4.78 is 18.5. The summed E-state index contributed by atoms with van der Waals surface area (Å²) in [4.78, 5) is 25.1. The van der Waals surface area contributed by atoms with E-state index >= 15 is 0 Å². The molecule has 1 heterocycles. The maximum absolute atomic E-state index is 13.0. The first-order valence-corrected chi connectivity index (χ1v) is 7.38. The molecule has 1 aliphatic rings. The Labute approximate surface area is 132 Å². The van der Waals surface area contributed by atoms with Crippen molar-refractivity contribution in [3.63, 3.8) is 0 Å². The third-order valence-corrected chi connectivity index (χ3v) is 3.89. The minimum absolute atomic E-state index is 0.0482. The first-order valence-electron chi connectivity index (χ1n) is 7.38. The van der Waals surface area contributed by atoms with E-state index in [1.165, 1.54) is 30.0 Å². The molecule has 1 fully saturated rings. The molecule has 1 atom stereocenters. The quantitative estimate of drug-likeness (QED) is 0.919. The van der Waals surface area contributed by atoms with E-state index in [9.17, 15) is 19.1 Å². The van der Waals surface area contributed by atoms with Crippen LogP contribution in [-0.4, -0.2) is 34.0 Å². The molecule has 1 aliphatic carbocycles. The third-order valence-electron chi connectivity index (χ3n) is 3.89. The molecule has 0 bridgehead atoms. The van der Waals surface area contributed by atoms with Gasteiger partial charge >= 0.3 is 5.97 Å². The highest BCUT2D eigenvalue weighted by Gasteiger charge is 2.39. The van der Waals surface area contributed by atoms with E-state index in [4.69, 9.17) is 4.42 Å². The number of carboxylic acid groups (broad SMARTS) is 1. The van der Waals surface area contributed by atoms with Gasteiger partial charge in [0, 0.05) is 11.6 Å². The second-order valence-electron chi connectivity index (χ2n) is 5.63. The minimum Gasteiger partial charge on any atom is -0.480 e. The molecule has 6 heteroatoms. The van der Waals surface area contributed by atoms with E-state index in [0.717, 1.165) is 12.8 Å². The van der Waals surface area contributed by atoms with Gasteiger partial charge in [0.05, 0.1) is 0 Å². The highest BCUT2D eigenvalue weighted by molar-refractivity contribution is 5.95. The van der Waals surface area contributed by atoms with Crippen LogP contribution in [0.1, 0.15) is 30.3 Å². The average Bonchev–Trinajstić information content (AvgIpc) is 3.23. The van der Waals surface area contributed by atoms with Gasteiger partial charge in [-0.1, -0.05) is 0 Å². The van der Waals surface area contributed by atoms with Gasteiger partial charge in [-0.3, -0.25) is 4.79 Å². The average molecular weight is 317 g/mol. The van der Waals surface area contributed by atoms with Crippen LogP contribution in [0.3, 0.4) is 0 Å². The lowest BCUT2D eigenvalue weighted by atomic mass is 10.2. The number of rotatable bonds is 5. The standard InChI is InChI=1S/C17H16FNO4/c1-10(17(21)22)19(13-6-7-13)16(20)15-9-8-14(23-15)11-2-4-12(18)5-3-11/h2-5,8-10,13H,6-7H2,1H3,(H,21,22). The van der Waals surface area contributed by atoms with Gasteiger partial charge in [0.25, 0.3) is 5.91 Å². The fourth-order valence-electron chi connectivity index (χ4n) is 2.48. The Bertz CT molecular complexity index is 733. The summed E-state index contributed by atoms with van der Waals surface area (Å²) in [6.07, 6.45) is 1.60. The Morgan fingerprint density at radius 1 is 1.22 bits per heavy atom. The fraction of sp³-hybridized carbons (Fsp3) is 0.294. The largest absolute Gasteiger partial charge is 0.480 e. The van der Waals surface area contributed by atoms with E-state index in [2.05, 4.69) is 0 Å². The first kappa shape index (κ1) is 15.3. The van der Waals surface area contributed by atoms with Crippen molar-refractivity contribution in [3.05, 3.63) is 48.0 Å². The van der Waals surface area contributed by atoms with Crippen molar-refractivity contribution in [1.29, 1.82) is 0 Å². The second-order valence-corrected chi connectivity index (χ2v) is 5.63. The molecule has 0 spiro atoms. The molecule has 23 heavy (non-hydrogen) atoms. The SMILES string of the molecule is CC(C(=O)O)N(C(=O)c1ccc(-c2ccc(F)cc2)o1)C1CC1. The molecule has 0 aliphatic heterocycles. The summed E-state index contributed by atoms with van der Waals surface area (Å²) in [5.74, 6) is -1.31. The van der Waals surface area contributed by atoms with Crippen LogP contribution in [0.2, 0.25) is 0 Å². The fourth-order valence-corrected chi connectivity index (χ4v) is 2.48. The van der Waals surface area contributed by atoms with Crippen LogP contribution in [0.4, 0.5) is 4.39 Å². The topological polar surface area (TPSA) is 70.8 Å². The van der Waals surface area contributed by atoms with Gasteiger partial charge < -0.3 is 14.4 Å². The van der Waals surface area contributed by atoms with E-state index < -0.39 is 17.9 Å². The molecule has 1 aromatic carbocycles. The summed E-state index contributed by atoms with van der Waals surface area (Å²) in [5, 5.41) is 9.17. The molecule has 1 N–H and O–H groups in total. The zero-order valence-electron chi connectivity index (χ0n) is 12.5. The van der Waals surface area contributed by atoms with Gasteiger partial charge in [0.1, 0.15) is 17.6 Å². The highest BCUT2D eigenvalue weighted by Crippen LogP contribution is 2.31. The van der Waals surface area contributed by atoms with Crippen molar-refractivity contribution in [2.24, 2.45) is 0 Å². The summed E-state index contributed by atoms with van der Waals surface area (Å²) in [5.41, 5.74) is 0.648. The number of hydrogen-bond donors (Lipinski definition) is 1. The van der Waals surface area contributed by atoms with Crippen LogP contribution in [-0.2, 0) is 4.79 Å². The molecule has 1 saturated carbocycles. The molecule has 0 saturated heterocycles. The van der Waals surface area contributed by atoms with E-state index in [0.29, 0.717) is 11.3 Å². The summed E-state index contributed by atoms with van der Waals surface area (Å²) in [7, 11) is 0. The summed E-state index contributed by atoms with van der Waals surface area (Å²) in [6, 6.07) is 7.91. The lowest BCUT2D eigenvalue weighted by molar-refractivity contribution is -0.141. The molecule has 120 valence electrons. The number of hydrogen-bond acceptors (Lipinski definition) is 3. The molecular weight excluding hydrogens is 301 g/mol. The van der Waals surface area contributed by atoms with Gasteiger partial charge in [-0.25, -0.2) is 9.18 Å². The smallest absolute Gasteiger partial charge is 0.326 e. The first-order chi connectivity index (χ1) is 11.0. The molecule has 1 unspecified atom stereocenters. The zero-order chi connectivity index (χ0) is 16.6. The second kappa shape index (κ2) is 5.87. The van der Waals surface area contributed by atoms with Crippen LogP contribution in [0.15, 0.2) is 40.8 Å². The molecule has 5 nitrogen and oxygen atoms in total. The van der Waals surface area contributed by atoms with Crippen molar-refractivity contribution in [2.75, 3.05) is 0 Å². The Hall–Kier alpha value is -2.63. The Balaban J connectivity index is 1.85. The van der Waals surface area contributed by atoms with Gasteiger partial charge in [0.2, 0.25) is 0 Å². The Kier molecular flexibility index (Phi) is 3.90. The lowest BCUT2D eigenvalue weighted by Crippen LogP contribution is -2.44. The summed E-state index contributed by atoms with van der Waals surface area (Å²) >= 11 is 0. The van der Waals surface area contributed by atoms with Crippen molar-refractivity contribution >= 4 is 11.9 Å². The number of benzene rings is 1. The molecule has 1 aromatic heterocycles. The predicted molar refractivity (Wildman–Crippen MR) is 80.4 cm³/mol.